The van der Waals surface area contributed by atoms with Crippen molar-refractivity contribution in [2.45, 2.75) is 412 Å². The van der Waals surface area contributed by atoms with E-state index in [1.165, 1.54) is 308 Å². The normalized spacial score (nSPS) is 12.0. The zero-order chi connectivity index (χ0) is 55.7. The summed E-state index contributed by atoms with van der Waals surface area (Å²) >= 11 is 0. The molecule has 0 aromatic heterocycles. The fraction of sp³-hybridized carbons (Fsp3) is 0.930. The molecular formula is C71H136O6. The highest BCUT2D eigenvalue weighted by molar-refractivity contribution is 5.71. The van der Waals surface area contributed by atoms with E-state index in [1.807, 2.05) is 0 Å². The maximum absolute atomic E-state index is 12.9. The number of carbonyl (C=O) groups is 3. The van der Waals surface area contributed by atoms with Crippen molar-refractivity contribution in [1.29, 1.82) is 0 Å². The molecule has 6 nitrogen and oxygen atoms in total. The van der Waals surface area contributed by atoms with Crippen molar-refractivity contribution >= 4 is 17.9 Å². The molecule has 77 heavy (non-hydrogen) atoms. The number of rotatable bonds is 66. The second-order valence-electron chi connectivity index (χ2n) is 24.2. The van der Waals surface area contributed by atoms with Gasteiger partial charge in [0.15, 0.2) is 6.10 Å². The summed E-state index contributed by atoms with van der Waals surface area (Å²) in [5.74, 6) is -0.831. The number of unbranched alkanes of at least 4 members (excludes halogenated alkanes) is 53. The molecule has 0 fully saturated rings. The summed E-state index contributed by atoms with van der Waals surface area (Å²) in [5.41, 5.74) is 0. The lowest BCUT2D eigenvalue weighted by molar-refractivity contribution is -0.167. The van der Waals surface area contributed by atoms with Gasteiger partial charge in [0.05, 0.1) is 0 Å². The van der Waals surface area contributed by atoms with E-state index in [0.29, 0.717) is 19.3 Å². The Morgan fingerprint density at radius 2 is 0.429 bits per heavy atom. The van der Waals surface area contributed by atoms with Crippen LogP contribution in [0.25, 0.3) is 0 Å². The Bertz CT molecular complexity index is 1200. The van der Waals surface area contributed by atoms with Crippen LogP contribution in [0.2, 0.25) is 0 Å². The number of hydrogen-bond acceptors (Lipinski definition) is 6. The summed E-state index contributed by atoms with van der Waals surface area (Å²) in [7, 11) is 0. The van der Waals surface area contributed by atoms with E-state index in [9.17, 15) is 14.4 Å². The summed E-state index contributed by atoms with van der Waals surface area (Å²) < 4.78 is 17.0. The number of allylic oxidation sites excluding steroid dienone is 2. The average molecular weight is 1090 g/mol. The van der Waals surface area contributed by atoms with Gasteiger partial charge >= 0.3 is 17.9 Å². The highest BCUT2D eigenvalue weighted by atomic mass is 16.6. The van der Waals surface area contributed by atoms with E-state index in [0.717, 1.165) is 57.8 Å². The van der Waals surface area contributed by atoms with Gasteiger partial charge in [0, 0.05) is 19.3 Å². The molecule has 0 radical (unpaired) electrons. The van der Waals surface area contributed by atoms with Gasteiger partial charge < -0.3 is 14.2 Å². The molecule has 0 rings (SSSR count). The molecule has 1 unspecified atom stereocenters. The Morgan fingerprint density at radius 1 is 0.247 bits per heavy atom. The molecule has 0 spiro atoms. The summed E-state index contributed by atoms with van der Waals surface area (Å²) in [6.07, 6.45) is 79.7. The molecule has 0 aromatic rings. The van der Waals surface area contributed by atoms with Crippen LogP contribution in [-0.4, -0.2) is 37.2 Å². The average Bonchev–Trinajstić information content (AvgIpc) is 3.43. The standard InChI is InChI=1S/C71H136O6/c1-4-7-10-13-16-19-22-24-26-28-30-32-34-36-38-39-41-43-45-47-49-52-55-58-61-64-70(73)76-67-68(66-75-69(72)63-60-57-54-51-21-18-15-12-9-6-3)77-71(74)65-62-59-56-53-50-48-46-44-42-40-37-35-33-31-29-27-25-23-20-17-14-11-8-5-2/h28,30,68H,4-27,29,31-67H2,1-3H3/b30-28-. The van der Waals surface area contributed by atoms with Gasteiger partial charge in [-0.25, -0.2) is 0 Å². The molecule has 0 saturated carbocycles. The third-order valence-corrected chi connectivity index (χ3v) is 16.3. The zero-order valence-corrected chi connectivity index (χ0v) is 52.5. The first-order chi connectivity index (χ1) is 38.0. The second kappa shape index (κ2) is 66.7. The maximum Gasteiger partial charge on any atom is 0.306 e. The summed E-state index contributed by atoms with van der Waals surface area (Å²) in [6.45, 7) is 6.71. The molecule has 0 N–H and O–H groups in total. The van der Waals surface area contributed by atoms with Gasteiger partial charge in [-0.2, -0.15) is 0 Å². The predicted molar refractivity (Wildman–Crippen MR) is 335 cm³/mol. The molecule has 0 aromatic carbocycles. The van der Waals surface area contributed by atoms with Gasteiger partial charge in [0.2, 0.25) is 0 Å². The first kappa shape index (κ1) is 75.2. The fourth-order valence-electron chi connectivity index (χ4n) is 11.0. The number of ether oxygens (including phenoxy) is 3. The molecule has 456 valence electrons. The molecule has 0 bridgehead atoms. The summed E-state index contributed by atoms with van der Waals surface area (Å²) in [5, 5.41) is 0. The van der Waals surface area contributed by atoms with Crippen LogP contribution in [0.4, 0.5) is 0 Å². The van der Waals surface area contributed by atoms with Crippen LogP contribution < -0.4 is 0 Å². The minimum atomic E-state index is -0.765. The highest BCUT2D eigenvalue weighted by Gasteiger charge is 2.19. The fourth-order valence-corrected chi connectivity index (χ4v) is 11.0. The molecule has 0 aliphatic rings. The van der Waals surface area contributed by atoms with Crippen molar-refractivity contribution in [2.24, 2.45) is 0 Å². The Labute approximate surface area is 481 Å². The minimum absolute atomic E-state index is 0.0631. The molecular weight excluding hydrogens is 949 g/mol. The number of carbonyl (C=O) groups excluding carboxylic acids is 3. The van der Waals surface area contributed by atoms with Crippen molar-refractivity contribution in [2.75, 3.05) is 13.2 Å². The van der Waals surface area contributed by atoms with Gasteiger partial charge in [-0.1, -0.05) is 354 Å². The van der Waals surface area contributed by atoms with E-state index < -0.39 is 6.10 Å². The van der Waals surface area contributed by atoms with Crippen LogP contribution in [0.5, 0.6) is 0 Å². The Hall–Kier alpha value is -1.85. The molecule has 0 heterocycles. The third kappa shape index (κ3) is 64.9. The third-order valence-electron chi connectivity index (χ3n) is 16.3. The number of hydrogen-bond donors (Lipinski definition) is 0. The van der Waals surface area contributed by atoms with Gasteiger partial charge in [-0.3, -0.25) is 14.4 Å². The quantitative estimate of drug-likeness (QED) is 0.0261. The lowest BCUT2D eigenvalue weighted by Gasteiger charge is -2.18. The summed E-state index contributed by atoms with van der Waals surface area (Å²) in [4.78, 5) is 38.3. The zero-order valence-electron chi connectivity index (χ0n) is 52.5. The monoisotopic (exact) mass is 1090 g/mol. The molecule has 0 aliphatic carbocycles. The molecule has 6 heteroatoms. The Balaban J connectivity index is 4.13. The maximum atomic E-state index is 12.9. The van der Waals surface area contributed by atoms with Crippen LogP contribution in [-0.2, 0) is 28.6 Å². The van der Waals surface area contributed by atoms with E-state index in [4.69, 9.17) is 14.2 Å². The van der Waals surface area contributed by atoms with Crippen LogP contribution in [0.3, 0.4) is 0 Å². The largest absolute Gasteiger partial charge is 0.462 e. The van der Waals surface area contributed by atoms with Crippen molar-refractivity contribution in [3.63, 3.8) is 0 Å². The van der Waals surface area contributed by atoms with Crippen LogP contribution >= 0.6 is 0 Å². The van der Waals surface area contributed by atoms with E-state index in [1.54, 1.807) is 0 Å². The van der Waals surface area contributed by atoms with Gasteiger partial charge in [0.1, 0.15) is 13.2 Å². The first-order valence-corrected chi connectivity index (χ1v) is 35.2. The molecule has 0 aliphatic heterocycles. The van der Waals surface area contributed by atoms with Crippen molar-refractivity contribution < 1.29 is 28.6 Å². The van der Waals surface area contributed by atoms with Crippen molar-refractivity contribution in [3.05, 3.63) is 12.2 Å². The minimum Gasteiger partial charge on any atom is -0.462 e. The van der Waals surface area contributed by atoms with E-state index in [-0.39, 0.29) is 31.1 Å². The van der Waals surface area contributed by atoms with Crippen LogP contribution in [0.15, 0.2) is 12.2 Å². The van der Waals surface area contributed by atoms with Crippen LogP contribution in [0.1, 0.15) is 406 Å². The second-order valence-corrected chi connectivity index (χ2v) is 24.2. The van der Waals surface area contributed by atoms with E-state index in [2.05, 4.69) is 32.9 Å². The molecule has 1 atom stereocenters. The van der Waals surface area contributed by atoms with Gasteiger partial charge in [-0.05, 0) is 44.9 Å². The lowest BCUT2D eigenvalue weighted by atomic mass is 10.0. The SMILES string of the molecule is CCCCCCCCCC/C=C\CCCCCCCCCCCCCCCC(=O)OCC(COC(=O)CCCCCCCCCCCC)OC(=O)CCCCCCCCCCCCCCCCCCCCCCCCCC. The Morgan fingerprint density at radius 3 is 0.649 bits per heavy atom. The molecule has 0 amide bonds. The van der Waals surface area contributed by atoms with Crippen molar-refractivity contribution in [3.8, 4) is 0 Å². The first-order valence-electron chi connectivity index (χ1n) is 35.2. The van der Waals surface area contributed by atoms with Gasteiger partial charge in [0.25, 0.3) is 0 Å². The van der Waals surface area contributed by atoms with Crippen LogP contribution in [0, 0.1) is 0 Å². The molecule has 0 saturated heterocycles. The number of esters is 3. The van der Waals surface area contributed by atoms with Crippen molar-refractivity contribution in [1.82, 2.24) is 0 Å². The topological polar surface area (TPSA) is 78.9 Å². The van der Waals surface area contributed by atoms with Gasteiger partial charge in [-0.15, -0.1) is 0 Å². The predicted octanol–water partition coefficient (Wildman–Crippen LogP) is 24.0. The highest BCUT2D eigenvalue weighted by Crippen LogP contribution is 2.19. The Kier molecular flexibility index (Phi) is 65.1. The smallest absolute Gasteiger partial charge is 0.306 e. The lowest BCUT2D eigenvalue weighted by Crippen LogP contribution is -2.30. The van der Waals surface area contributed by atoms with E-state index >= 15 is 0 Å². The summed E-state index contributed by atoms with van der Waals surface area (Å²) in [6, 6.07) is 0.